The quantitative estimate of drug-likeness (QED) is 0.831. The van der Waals surface area contributed by atoms with Crippen LogP contribution < -0.4 is 5.32 Å². The first-order valence-electron chi connectivity index (χ1n) is 5.50. The van der Waals surface area contributed by atoms with E-state index in [0.29, 0.717) is 22.2 Å². The minimum Gasteiger partial charge on any atom is -0.381 e. The molecular formula is C14H12Cl2FN. The molecule has 0 aliphatic carbocycles. The summed E-state index contributed by atoms with van der Waals surface area (Å²) in [6.07, 6.45) is 0. The van der Waals surface area contributed by atoms with Crippen LogP contribution in [0.1, 0.15) is 11.1 Å². The van der Waals surface area contributed by atoms with Gasteiger partial charge in [-0.3, -0.25) is 0 Å². The van der Waals surface area contributed by atoms with Crippen molar-refractivity contribution in [2.24, 2.45) is 0 Å². The number of anilines is 1. The molecule has 0 spiro atoms. The van der Waals surface area contributed by atoms with Gasteiger partial charge in [-0.2, -0.15) is 0 Å². The molecule has 0 unspecified atom stereocenters. The minimum absolute atomic E-state index is 0.273. The van der Waals surface area contributed by atoms with Gasteiger partial charge in [0.15, 0.2) is 0 Å². The number of aryl methyl sites for hydroxylation is 1. The third-order valence-corrected chi connectivity index (χ3v) is 3.30. The Morgan fingerprint density at radius 1 is 1.11 bits per heavy atom. The maximum Gasteiger partial charge on any atom is 0.128 e. The fourth-order valence-corrected chi connectivity index (χ4v) is 1.95. The molecule has 0 saturated heterocycles. The van der Waals surface area contributed by atoms with E-state index < -0.39 is 0 Å². The maximum atomic E-state index is 13.5. The molecule has 0 heterocycles. The summed E-state index contributed by atoms with van der Waals surface area (Å²) in [5, 5.41) is 4.32. The zero-order valence-electron chi connectivity index (χ0n) is 9.81. The van der Waals surface area contributed by atoms with E-state index in [2.05, 4.69) is 5.32 Å². The molecule has 94 valence electrons. The molecule has 0 fully saturated rings. The molecule has 0 aliphatic rings. The van der Waals surface area contributed by atoms with Crippen molar-refractivity contribution in [3.05, 3.63) is 63.4 Å². The third-order valence-electron chi connectivity index (χ3n) is 2.66. The van der Waals surface area contributed by atoms with Gasteiger partial charge in [0.2, 0.25) is 0 Å². The summed E-state index contributed by atoms with van der Waals surface area (Å²) in [7, 11) is 0. The highest BCUT2D eigenvalue weighted by Crippen LogP contribution is 2.21. The largest absolute Gasteiger partial charge is 0.381 e. The molecule has 18 heavy (non-hydrogen) atoms. The van der Waals surface area contributed by atoms with Gasteiger partial charge >= 0.3 is 0 Å². The number of hydrogen-bond acceptors (Lipinski definition) is 1. The van der Waals surface area contributed by atoms with Crippen LogP contribution in [0.15, 0.2) is 36.4 Å². The lowest BCUT2D eigenvalue weighted by Crippen LogP contribution is -2.01. The average Bonchev–Trinajstić information content (AvgIpc) is 2.34. The third kappa shape index (κ3) is 3.15. The molecule has 0 bridgehead atoms. The first kappa shape index (κ1) is 13.2. The molecule has 0 aromatic heterocycles. The molecule has 2 aromatic carbocycles. The van der Waals surface area contributed by atoms with E-state index in [9.17, 15) is 4.39 Å². The molecular weight excluding hydrogens is 272 g/mol. The topological polar surface area (TPSA) is 12.0 Å². The summed E-state index contributed by atoms with van der Waals surface area (Å²) in [5.74, 6) is -0.273. The highest BCUT2D eigenvalue weighted by atomic mass is 35.5. The van der Waals surface area contributed by atoms with Gasteiger partial charge in [-0.15, -0.1) is 0 Å². The molecule has 1 nitrogen and oxygen atoms in total. The van der Waals surface area contributed by atoms with Crippen molar-refractivity contribution in [3.63, 3.8) is 0 Å². The summed E-state index contributed by atoms with van der Waals surface area (Å²) in [6, 6.07) is 10.1. The van der Waals surface area contributed by atoms with Crippen molar-refractivity contribution in [2.45, 2.75) is 13.5 Å². The Morgan fingerprint density at radius 3 is 2.61 bits per heavy atom. The Kier molecular flexibility index (Phi) is 4.10. The van der Waals surface area contributed by atoms with Crippen LogP contribution in [0.5, 0.6) is 0 Å². The monoisotopic (exact) mass is 283 g/mol. The highest BCUT2D eigenvalue weighted by Gasteiger charge is 2.03. The van der Waals surface area contributed by atoms with E-state index >= 15 is 0 Å². The van der Waals surface area contributed by atoms with E-state index in [1.165, 1.54) is 12.1 Å². The predicted molar refractivity (Wildman–Crippen MR) is 74.9 cm³/mol. The second-order valence-electron chi connectivity index (χ2n) is 4.05. The molecule has 4 heteroatoms. The van der Waals surface area contributed by atoms with Crippen molar-refractivity contribution < 1.29 is 4.39 Å². The Hall–Kier alpha value is -1.25. The van der Waals surface area contributed by atoms with Crippen LogP contribution in [0.3, 0.4) is 0 Å². The van der Waals surface area contributed by atoms with Crippen molar-refractivity contribution in [1.82, 2.24) is 0 Å². The second-order valence-corrected chi connectivity index (χ2v) is 4.90. The lowest BCUT2D eigenvalue weighted by atomic mass is 10.2. The van der Waals surface area contributed by atoms with Gasteiger partial charge in [-0.25, -0.2) is 4.39 Å². The summed E-state index contributed by atoms with van der Waals surface area (Å²) < 4.78 is 13.5. The molecule has 0 saturated carbocycles. The number of nitrogens with one attached hydrogen (secondary N) is 1. The SMILES string of the molecule is Cc1ccc(NCc2cc(Cl)ccc2F)cc1Cl. The minimum atomic E-state index is -0.273. The average molecular weight is 284 g/mol. The van der Waals surface area contributed by atoms with E-state index in [0.717, 1.165) is 11.3 Å². The number of benzene rings is 2. The van der Waals surface area contributed by atoms with E-state index in [4.69, 9.17) is 23.2 Å². The summed E-state index contributed by atoms with van der Waals surface area (Å²) in [5.41, 5.74) is 2.39. The van der Waals surface area contributed by atoms with Gasteiger partial charge in [-0.1, -0.05) is 29.3 Å². The first-order valence-corrected chi connectivity index (χ1v) is 6.26. The zero-order chi connectivity index (χ0) is 13.1. The Morgan fingerprint density at radius 2 is 1.89 bits per heavy atom. The second kappa shape index (κ2) is 5.59. The van der Waals surface area contributed by atoms with Gasteiger partial charge < -0.3 is 5.32 Å². The Labute approximate surface area is 116 Å². The van der Waals surface area contributed by atoms with Crippen LogP contribution in [-0.2, 0) is 6.54 Å². The van der Waals surface area contributed by atoms with Gasteiger partial charge in [0.05, 0.1) is 0 Å². The van der Waals surface area contributed by atoms with Crippen LogP contribution in [0.2, 0.25) is 10.0 Å². The van der Waals surface area contributed by atoms with Crippen molar-refractivity contribution >= 4 is 28.9 Å². The smallest absolute Gasteiger partial charge is 0.128 e. The van der Waals surface area contributed by atoms with E-state index in [1.54, 1.807) is 6.07 Å². The first-order chi connectivity index (χ1) is 8.56. The molecule has 1 N–H and O–H groups in total. The van der Waals surface area contributed by atoms with Crippen molar-refractivity contribution in [3.8, 4) is 0 Å². The molecule has 0 radical (unpaired) electrons. The Balaban J connectivity index is 2.11. The van der Waals surface area contributed by atoms with Gasteiger partial charge in [0.25, 0.3) is 0 Å². The standard InChI is InChI=1S/C14H12Cl2FN/c1-9-2-4-12(7-13(9)16)18-8-10-6-11(15)3-5-14(10)17/h2-7,18H,8H2,1H3. The lowest BCUT2D eigenvalue weighted by Gasteiger charge is -2.09. The fourth-order valence-electron chi connectivity index (χ4n) is 1.58. The molecule has 2 rings (SSSR count). The van der Waals surface area contributed by atoms with Gasteiger partial charge in [-0.05, 0) is 42.8 Å². The van der Waals surface area contributed by atoms with Crippen LogP contribution in [0.4, 0.5) is 10.1 Å². The van der Waals surface area contributed by atoms with Crippen LogP contribution in [0, 0.1) is 12.7 Å². The van der Waals surface area contributed by atoms with Crippen LogP contribution in [-0.4, -0.2) is 0 Å². The van der Waals surface area contributed by atoms with E-state index in [-0.39, 0.29) is 5.82 Å². The number of halogens is 3. The van der Waals surface area contributed by atoms with Gasteiger partial charge in [0, 0.05) is 27.8 Å². The van der Waals surface area contributed by atoms with Crippen molar-refractivity contribution in [2.75, 3.05) is 5.32 Å². The molecule has 0 aliphatic heterocycles. The van der Waals surface area contributed by atoms with Crippen LogP contribution >= 0.6 is 23.2 Å². The predicted octanol–water partition coefficient (Wildman–Crippen LogP) is 5.05. The van der Waals surface area contributed by atoms with Crippen molar-refractivity contribution in [1.29, 1.82) is 0 Å². The summed E-state index contributed by atoms with van der Waals surface area (Å²) in [6.45, 7) is 2.30. The maximum absolute atomic E-state index is 13.5. The van der Waals surface area contributed by atoms with Crippen LogP contribution in [0.25, 0.3) is 0 Å². The summed E-state index contributed by atoms with van der Waals surface area (Å²) in [4.78, 5) is 0. The number of rotatable bonds is 3. The zero-order valence-corrected chi connectivity index (χ0v) is 11.3. The molecule has 0 atom stereocenters. The highest BCUT2D eigenvalue weighted by molar-refractivity contribution is 6.31. The molecule has 0 amide bonds. The normalized spacial score (nSPS) is 10.4. The molecule has 2 aromatic rings. The summed E-state index contributed by atoms with van der Waals surface area (Å²) >= 11 is 11.8. The lowest BCUT2D eigenvalue weighted by molar-refractivity contribution is 0.613. The fraction of sp³-hybridized carbons (Fsp3) is 0.143. The van der Waals surface area contributed by atoms with E-state index in [1.807, 2.05) is 25.1 Å². The number of hydrogen-bond donors (Lipinski definition) is 1. The Bertz CT molecular complexity index is 570. The van der Waals surface area contributed by atoms with Gasteiger partial charge in [0.1, 0.15) is 5.82 Å².